The molecule has 1 rings (SSSR count). The van der Waals surface area contributed by atoms with Gasteiger partial charge in [-0.2, -0.15) is 0 Å². The van der Waals surface area contributed by atoms with Gasteiger partial charge in [0, 0.05) is 11.5 Å². The van der Waals surface area contributed by atoms with Crippen molar-refractivity contribution in [1.29, 1.82) is 0 Å². The third kappa shape index (κ3) is 2.56. The minimum absolute atomic E-state index is 0.139. The summed E-state index contributed by atoms with van der Waals surface area (Å²) in [4.78, 5) is 10.7. The Labute approximate surface area is 93.2 Å². The summed E-state index contributed by atoms with van der Waals surface area (Å²) >= 11 is 0. The van der Waals surface area contributed by atoms with Crippen molar-refractivity contribution in [2.24, 2.45) is 0 Å². The molecule has 0 amide bonds. The number of hydrogen-bond acceptors (Lipinski definition) is 2. The highest BCUT2D eigenvalue weighted by Crippen LogP contribution is 2.35. The van der Waals surface area contributed by atoms with Crippen LogP contribution in [0.15, 0.2) is 18.2 Å². The first-order valence-electron chi connectivity index (χ1n) is 5.10. The molecule has 1 aromatic rings. The minimum Gasteiger partial charge on any atom is -0.493 e. The SMILES string of the molecule is CCOc1c(C(F)F)cccc1C(C)C=O. The maximum Gasteiger partial charge on any atom is 0.267 e. The van der Waals surface area contributed by atoms with Crippen molar-refractivity contribution >= 4 is 6.29 Å². The van der Waals surface area contributed by atoms with Gasteiger partial charge in [0.05, 0.1) is 12.2 Å². The van der Waals surface area contributed by atoms with E-state index in [-0.39, 0.29) is 11.3 Å². The number of para-hydroxylation sites is 1. The third-order valence-corrected chi connectivity index (χ3v) is 2.29. The molecule has 1 unspecified atom stereocenters. The average Bonchev–Trinajstić information content (AvgIpc) is 2.28. The van der Waals surface area contributed by atoms with Crippen LogP contribution >= 0.6 is 0 Å². The van der Waals surface area contributed by atoms with Gasteiger partial charge in [-0.1, -0.05) is 19.1 Å². The van der Waals surface area contributed by atoms with Gasteiger partial charge in [0.2, 0.25) is 0 Å². The monoisotopic (exact) mass is 228 g/mol. The fourth-order valence-electron chi connectivity index (χ4n) is 1.49. The fraction of sp³-hybridized carbons (Fsp3) is 0.417. The molecule has 88 valence electrons. The van der Waals surface area contributed by atoms with E-state index < -0.39 is 12.3 Å². The molecular weight excluding hydrogens is 214 g/mol. The summed E-state index contributed by atoms with van der Waals surface area (Å²) in [5, 5.41) is 0. The standard InChI is InChI=1S/C12H14F2O2/c1-3-16-11-9(8(2)7-15)5-4-6-10(11)12(13)14/h4-8,12H,3H2,1-2H3. The van der Waals surface area contributed by atoms with Gasteiger partial charge in [-0.3, -0.25) is 0 Å². The molecule has 16 heavy (non-hydrogen) atoms. The van der Waals surface area contributed by atoms with Crippen molar-refractivity contribution < 1.29 is 18.3 Å². The molecule has 0 aliphatic heterocycles. The number of benzene rings is 1. The van der Waals surface area contributed by atoms with Crippen LogP contribution in [0.5, 0.6) is 5.75 Å². The molecule has 0 spiro atoms. The van der Waals surface area contributed by atoms with Crippen LogP contribution in [-0.4, -0.2) is 12.9 Å². The molecule has 0 aliphatic rings. The maximum absolute atomic E-state index is 12.7. The first kappa shape index (κ1) is 12.6. The molecule has 0 aromatic heterocycles. The lowest BCUT2D eigenvalue weighted by Crippen LogP contribution is -2.04. The second kappa shape index (κ2) is 5.58. The van der Waals surface area contributed by atoms with Crippen LogP contribution in [0.25, 0.3) is 0 Å². The molecule has 0 fully saturated rings. The molecule has 0 saturated heterocycles. The van der Waals surface area contributed by atoms with Gasteiger partial charge >= 0.3 is 0 Å². The van der Waals surface area contributed by atoms with Crippen molar-refractivity contribution in [2.45, 2.75) is 26.2 Å². The summed E-state index contributed by atoms with van der Waals surface area (Å²) in [5.41, 5.74) is 0.350. The summed E-state index contributed by atoms with van der Waals surface area (Å²) in [6.45, 7) is 3.67. The number of carbonyl (C=O) groups is 1. The molecule has 0 aliphatic carbocycles. The number of carbonyl (C=O) groups excluding carboxylic acids is 1. The van der Waals surface area contributed by atoms with Crippen LogP contribution in [-0.2, 0) is 4.79 Å². The summed E-state index contributed by atoms with van der Waals surface area (Å²) in [6, 6.07) is 4.46. The molecule has 0 bridgehead atoms. The summed E-state index contributed by atoms with van der Waals surface area (Å²) < 4.78 is 30.7. The lowest BCUT2D eigenvalue weighted by atomic mass is 9.98. The maximum atomic E-state index is 12.7. The van der Waals surface area contributed by atoms with Crippen LogP contribution in [0, 0.1) is 0 Å². The molecule has 1 atom stereocenters. The van der Waals surface area contributed by atoms with Crippen molar-refractivity contribution in [3.05, 3.63) is 29.3 Å². The van der Waals surface area contributed by atoms with Crippen molar-refractivity contribution in [1.82, 2.24) is 0 Å². The van der Waals surface area contributed by atoms with E-state index in [2.05, 4.69) is 0 Å². The molecular formula is C12H14F2O2. The first-order chi connectivity index (χ1) is 7.61. The Morgan fingerprint density at radius 3 is 2.50 bits per heavy atom. The van der Waals surface area contributed by atoms with Crippen LogP contribution in [0.2, 0.25) is 0 Å². The zero-order chi connectivity index (χ0) is 12.1. The average molecular weight is 228 g/mol. The summed E-state index contributed by atoms with van der Waals surface area (Å²) in [5.74, 6) is -0.306. The third-order valence-electron chi connectivity index (χ3n) is 2.29. The Balaban J connectivity index is 3.25. The highest BCUT2D eigenvalue weighted by molar-refractivity contribution is 5.64. The number of rotatable bonds is 5. The highest BCUT2D eigenvalue weighted by atomic mass is 19.3. The van der Waals surface area contributed by atoms with E-state index in [1.807, 2.05) is 0 Å². The number of ether oxygens (including phenoxy) is 1. The highest BCUT2D eigenvalue weighted by Gasteiger charge is 2.19. The molecule has 0 saturated carbocycles. The van der Waals surface area contributed by atoms with E-state index in [0.29, 0.717) is 18.5 Å². The summed E-state index contributed by atoms with van der Waals surface area (Å²) in [6.07, 6.45) is -1.88. The van der Waals surface area contributed by atoms with Crippen molar-refractivity contribution in [2.75, 3.05) is 6.61 Å². The van der Waals surface area contributed by atoms with Gasteiger partial charge in [0.15, 0.2) is 0 Å². The quantitative estimate of drug-likeness (QED) is 0.722. The Morgan fingerprint density at radius 1 is 1.38 bits per heavy atom. The molecule has 0 N–H and O–H groups in total. The molecule has 2 nitrogen and oxygen atoms in total. The lowest BCUT2D eigenvalue weighted by Gasteiger charge is -2.16. The molecule has 4 heteroatoms. The van der Waals surface area contributed by atoms with Crippen LogP contribution in [0.1, 0.15) is 37.3 Å². The van der Waals surface area contributed by atoms with Gasteiger partial charge in [-0.25, -0.2) is 8.78 Å². The fourth-order valence-corrected chi connectivity index (χ4v) is 1.49. The predicted octanol–water partition coefficient (Wildman–Crippen LogP) is 3.33. The Bertz CT molecular complexity index is 364. The van der Waals surface area contributed by atoms with Crippen molar-refractivity contribution in [3.8, 4) is 5.75 Å². The van der Waals surface area contributed by atoms with E-state index in [1.54, 1.807) is 19.9 Å². The normalized spacial score (nSPS) is 12.6. The van der Waals surface area contributed by atoms with Gasteiger partial charge in [0.1, 0.15) is 12.0 Å². The topological polar surface area (TPSA) is 26.3 Å². The number of alkyl halides is 2. The Morgan fingerprint density at radius 2 is 2.00 bits per heavy atom. The largest absolute Gasteiger partial charge is 0.493 e. The smallest absolute Gasteiger partial charge is 0.267 e. The lowest BCUT2D eigenvalue weighted by molar-refractivity contribution is -0.108. The van der Waals surface area contributed by atoms with Gasteiger partial charge < -0.3 is 9.53 Å². The molecule has 0 heterocycles. The zero-order valence-corrected chi connectivity index (χ0v) is 9.24. The van der Waals surface area contributed by atoms with Crippen LogP contribution < -0.4 is 4.74 Å². The van der Waals surface area contributed by atoms with Gasteiger partial charge in [-0.15, -0.1) is 0 Å². The Kier molecular flexibility index (Phi) is 4.40. The molecule has 0 radical (unpaired) electrons. The number of hydrogen-bond donors (Lipinski definition) is 0. The van der Waals surface area contributed by atoms with Crippen LogP contribution in [0.4, 0.5) is 8.78 Å². The minimum atomic E-state index is -2.60. The van der Waals surface area contributed by atoms with Crippen LogP contribution in [0.3, 0.4) is 0 Å². The zero-order valence-electron chi connectivity index (χ0n) is 9.24. The van der Waals surface area contributed by atoms with Crippen molar-refractivity contribution in [3.63, 3.8) is 0 Å². The number of halogens is 2. The van der Waals surface area contributed by atoms with Gasteiger partial charge in [0.25, 0.3) is 6.43 Å². The van der Waals surface area contributed by atoms with E-state index in [0.717, 1.165) is 0 Å². The van der Waals surface area contributed by atoms with Gasteiger partial charge in [-0.05, 0) is 13.0 Å². The summed E-state index contributed by atoms with van der Waals surface area (Å²) in [7, 11) is 0. The second-order valence-electron chi connectivity index (χ2n) is 3.42. The predicted molar refractivity (Wildman–Crippen MR) is 57.0 cm³/mol. The Hall–Kier alpha value is -1.45. The molecule has 1 aromatic carbocycles. The van der Waals surface area contributed by atoms with E-state index in [9.17, 15) is 13.6 Å². The van der Waals surface area contributed by atoms with E-state index >= 15 is 0 Å². The second-order valence-corrected chi connectivity index (χ2v) is 3.42. The van der Waals surface area contributed by atoms with E-state index in [4.69, 9.17) is 4.74 Å². The van der Waals surface area contributed by atoms with E-state index in [1.165, 1.54) is 12.1 Å². The first-order valence-corrected chi connectivity index (χ1v) is 5.10. The number of aldehydes is 1.